The summed E-state index contributed by atoms with van der Waals surface area (Å²) in [4.78, 5) is 9.25. The molecule has 3 aromatic rings. The molecule has 2 heterocycles. The van der Waals surface area contributed by atoms with Crippen molar-refractivity contribution in [2.24, 2.45) is 17.3 Å². The first-order valence-corrected chi connectivity index (χ1v) is 8.02. The lowest BCUT2D eigenvalue weighted by molar-refractivity contribution is -0.671. The van der Waals surface area contributed by atoms with Gasteiger partial charge in [0.2, 0.25) is 12.3 Å². The first-order chi connectivity index (χ1) is 11.7. The molecule has 24 heavy (non-hydrogen) atoms. The van der Waals surface area contributed by atoms with E-state index in [0.717, 1.165) is 25.3 Å². The predicted molar refractivity (Wildman–Crippen MR) is 92.7 cm³/mol. The number of likely N-dealkylation sites (N-methyl/N-ethyl adjacent to an activating group) is 1. The lowest BCUT2D eigenvalue weighted by atomic mass is 10.2. The Balaban J connectivity index is 1.62. The van der Waals surface area contributed by atoms with Crippen LogP contribution in [-0.2, 0) is 13.6 Å². The van der Waals surface area contributed by atoms with Crippen LogP contribution in [-0.4, -0.2) is 27.6 Å². The number of rotatable bonds is 7. The van der Waals surface area contributed by atoms with Gasteiger partial charge in [-0.05, 0) is 31.2 Å². The number of imidazole rings is 2. The minimum absolute atomic E-state index is 0.508. The van der Waals surface area contributed by atoms with E-state index in [2.05, 4.69) is 72.0 Å². The van der Waals surface area contributed by atoms with Crippen molar-refractivity contribution >= 4 is 17.3 Å². The zero-order valence-electron chi connectivity index (χ0n) is 14.0. The maximum Gasteiger partial charge on any atom is 0.246 e. The highest BCUT2D eigenvalue weighted by molar-refractivity contribution is 5.52. The summed E-state index contributed by atoms with van der Waals surface area (Å²) in [5, 5.41) is 8.23. The van der Waals surface area contributed by atoms with Gasteiger partial charge in [-0.15, -0.1) is 10.2 Å². The van der Waals surface area contributed by atoms with Crippen LogP contribution in [0.3, 0.4) is 0 Å². The van der Waals surface area contributed by atoms with Crippen LogP contribution in [0.2, 0.25) is 0 Å². The highest BCUT2D eigenvalue weighted by Gasteiger charge is 2.07. The summed E-state index contributed by atoms with van der Waals surface area (Å²) in [6.45, 7) is 5.04. The molecule has 0 aliphatic rings. The average molecular weight is 324 g/mol. The number of azo groups is 1. The molecule has 0 bridgehead atoms. The van der Waals surface area contributed by atoms with E-state index in [1.54, 1.807) is 12.4 Å². The van der Waals surface area contributed by atoms with Crippen molar-refractivity contribution in [3.05, 3.63) is 55.4 Å². The Hall–Kier alpha value is -2.96. The SMILES string of the molecule is CCN(CCn1cc[n+](C)c1)c1ccc(N=Nc2ncc[nH]2)cc1. The van der Waals surface area contributed by atoms with Gasteiger partial charge in [-0.1, -0.05) is 0 Å². The Morgan fingerprint density at radius 1 is 1.25 bits per heavy atom. The minimum atomic E-state index is 0.508. The molecule has 7 heteroatoms. The fourth-order valence-electron chi connectivity index (χ4n) is 2.49. The third-order valence-electron chi connectivity index (χ3n) is 3.79. The van der Waals surface area contributed by atoms with Crippen LogP contribution >= 0.6 is 0 Å². The molecule has 0 radical (unpaired) electrons. The molecule has 0 spiro atoms. The van der Waals surface area contributed by atoms with Crippen LogP contribution in [0.1, 0.15) is 6.92 Å². The number of aromatic nitrogens is 4. The van der Waals surface area contributed by atoms with Gasteiger partial charge in [-0.3, -0.25) is 0 Å². The Morgan fingerprint density at radius 2 is 2.08 bits per heavy atom. The van der Waals surface area contributed by atoms with Gasteiger partial charge >= 0.3 is 0 Å². The molecule has 0 amide bonds. The van der Waals surface area contributed by atoms with Crippen LogP contribution in [0, 0.1) is 0 Å². The minimum Gasteiger partial charge on any atom is -0.368 e. The zero-order chi connectivity index (χ0) is 16.8. The number of benzene rings is 1. The third-order valence-corrected chi connectivity index (χ3v) is 3.79. The predicted octanol–water partition coefficient (Wildman–Crippen LogP) is 2.98. The summed E-state index contributed by atoms with van der Waals surface area (Å²) < 4.78 is 4.24. The molecule has 1 N–H and O–H groups in total. The Kier molecular flexibility index (Phi) is 5.00. The molecular formula is C17H22N7+. The molecular weight excluding hydrogens is 302 g/mol. The van der Waals surface area contributed by atoms with Gasteiger partial charge in [0.1, 0.15) is 18.9 Å². The lowest BCUT2D eigenvalue weighted by Gasteiger charge is -2.22. The molecule has 0 fully saturated rings. The number of aromatic amines is 1. The Morgan fingerprint density at radius 3 is 2.71 bits per heavy atom. The normalized spacial score (nSPS) is 11.2. The van der Waals surface area contributed by atoms with Crippen LogP contribution in [0.4, 0.5) is 17.3 Å². The Bertz CT molecular complexity index is 772. The summed E-state index contributed by atoms with van der Waals surface area (Å²) >= 11 is 0. The van der Waals surface area contributed by atoms with E-state index in [-0.39, 0.29) is 0 Å². The maximum atomic E-state index is 4.18. The van der Waals surface area contributed by atoms with Crippen molar-refractivity contribution in [2.45, 2.75) is 13.5 Å². The lowest BCUT2D eigenvalue weighted by Crippen LogP contribution is -2.28. The van der Waals surface area contributed by atoms with Gasteiger partial charge in [-0.25, -0.2) is 14.1 Å². The summed E-state index contributed by atoms with van der Waals surface area (Å²) in [5.74, 6) is 0.508. The molecule has 0 aliphatic carbocycles. The van der Waals surface area contributed by atoms with Crippen molar-refractivity contribution < 1.29 is 4.57 Å². The molecule has 0 atom stereocenters. The standard InChI is InChI=1S/C17H22N7/c1-3-24(13-12-23-11-10-22(2)14-23)16-6-4-15(5-7-16)20-21-17-18-8-9-19-17/h4-11,14H,3,12-13H2,1-2H3,(H,18,19)/q+1. The van der Waals surface area contributed by atoms with Crippen LogP contribution in [0.15, 0.2) is 65.6 Å². The Labute approximate surface area is 141 Å². The molecule has 3 rings (SSSR count). The molecule has 2 aromatic heterocycles. The second-order valence-electron chi connectivity index (χ2n) is 5.53. The number of H-pyrrole nitrogens is 1. The molecule has 0 aliphatic heterocycles. The molecule has 7 nitrogen and oxygen atoms in total. The van der Waals surface area contributed by atoms with Crippen LogP contribution in [0.25, 0.3) is 0 Å². The first-order valence-electron chi connectivity index (χ1n) is 8.02. The van der Waals surface area contributed by atoms with Crippen LogP contribution in [0.5, 0.6) is 0 Å². The smallest absolute Gasteiger partial charge is 0.246 e. The number of aryl methyl sites for hydroxylation is 1. The summed E-state index contributed by atoms with van der Waals surface area (Å²) in [6.07, 6.45) is 9.61. The number of hydrogen-bond donors (Lipinski definition) is 1. The average Bonchev–Trinajstić information content (AvgIpc) is 3.26. The number of nitrogens with one attached hydrogen (secondary N) is 1. The highest BCUT2D eigenvalue weighted by Crippen LogP contribution is 2.21. The summed E-state index contributed by atoms with van der Waals surface area (Å²) in [7, 11) is 2.03. The van der Waals surface area contributed by atoms with Crippen molar-refractivity contribution in [1.82, 2.24) is 14.5 Å². The quantitative estimate of drug-likeness (QED) is 0.536. The van der Waals surface area contributed by atoms with Crippen molar-refractivity contribution in [2.75, 3.05) is 18.0 Å². The molecule has 0 unspecified atom stereocenters. The van der Waals surface area contributed by atoms with E-state index in [0.29, 0.717) is 5.95 Å². The third kappa shape index (κ3) is 4.07. The van der Waals surface area contributed by atoms with E-state index in [1.807, 2.05) is 19.2 Å². The van der Waals surface area contributed by atoms with Gasteiger partial charge < -0.3 is 9.88 Å². The second-order valence-corrected chi connectivity index (χ2v) is 5.53. The maximum absolute atomic E-state index is 4.18. The van der Waals surface area contributed by atoms with Gasteiger partial charge in [0, 0.05) is 24.6 Å². The number of hydrogen-bond acceptors (Lipinski definition) is 4. The van der Waals surface area contributed by atoms with Crippen molar-refractivity contribution in [1.29, 1.82) is 0 Å². The van der Waals surface area contributed by atoms with Gasteiger partial charge in [0.15, 0.2) is 0 Å². The van der Waals surface area contributed by atoms with E-state index in [4.69, 9.17) is 0 Å². The van der Waals surface area contributed by atoms with E-state index >= 15 is 0 Å². The van der Waals surface area contributed by atoms with E-state index in [1.165, 1.54) is 5.69 Å². The van der Waals surface area contributed by atoms with Gasteiger partial charge in [-0.2, -0.15) is 0 Å². The van der Waals surface area contributed by atoms with Gasteiger partial charge in [0.05, 0.1) is 19.3 Å². The summed E-state index contributed by atoms with van der Waals surface area (Å²) in [5.41, 5.74) is 2.00. The molecule has 124 valence electrons. The largest absolute Gasteiger partial charge is 0.368 e. The van der Waals surface area contributed by atoms with Crippen LogP contribution < -0.4 is 9.47 Å². The fraction of sp³-hybridized carbons (Fsp3) is 0.294. The summed E-state index contributed by atoms with van der Waals surface area (Å²) in [6, 6.07) is 8.10. The topological polar surface area (TPSA) is 65.4 Å². The van der Waals surface area contributed by atoms with Crippen molar-refractivity contribution in [3.8, 4) is 0 Å². The number of anilines is 1. The van der Waals surface area contributed by atoms with E-state index < -0.39 is 0 Å². The zero-order valence-corrected chi connectivity index (χ0v) is 14.0. The second kappa shape index (κ2) is 7.54. The first kappa shape index (κ1) is 15.9. The van der Waals surface area contributed by atoms with Crippen molar-refractivity contribution in [3.63, 3.8) is 0 Å². The molecule has 1 aromatic carbocycles. The van der Waals surface area contributed by atoms with E-state index in [9.17, 15) is 0 Å². The molecule has 0 saturated heterocycles. The monoisotopic (exact) mass is 324 g/mol. The molecule has 0 saturated carbocycles. The highest BCUT2D eigenvalue weighted by atomic mass is 15.2. The fourth-order valence-corrected chi connectivity index (χ4v) is 2.49. The van der Waals surface area contributed by atoms with Gasteiger partial charge in [0.25, 0.3) is 0 Å². The number of nitrogens with zero attached hydrogens (tertiary/aromatic N) is 6.